The number of hydrogen-bond donors (Lipinski definition) is 2. The maximum absolute atomic E-state index is 11.3. The molecule has 1 atom stereocenters. The van der Waals surface area contributed by atoms with Crippen LogP contribution in [0, 0.1) is 5.92 Å². The van der Waals surface area contributed by atoms with Crippen LogP contribution in [0.3, 0.4) is 0 Å². The Kier molecular flexibility index (Phi) is 4.27. The average Bonchev–Trinajstić information content (AvgIpc) is 2.80. The topological polar surface area (TPSA) is 67.8 Å². The van der Waals surface area contributed by atoms with Crippen LogP contribution >= 0.6 is 0 Å². The SMILES string of the molecule is CC(C)CCNC(C(=O)O)c1ccc2c(c1)OCO2. The Morgan fingerprint density at radius 1 is 1.37 bits per heavy atom. The van der Waals surface area contributed by atoms with Gasteiger partial charge in [0.05, 0.1) is 0 Å². The van der Waals surface area contributed by atoms with Gasteiger partial charge in [-0.25, -0.2) is 0 Å². The van der Waals surface area contributed by atoms with Crippen LogP contribution in [0.15, 0.2) is 18.2 Å². The van der Waals surface area contributed by atoms with Gasteiger partial charge in [-0.15, -0.1) is 0 Å². The Morgan fingerprint density at radius 3 is 2.79 bits per heavy atom. The van der Waals surface area contributed by atoms with E-state index in [1.54, 1.807) is 18.2 Å². The summed E-state index contributed by atoms with van der Waals surface area (Å²) in [5, 5.41) is 12.4. The van der Waals surface area contributed by atoms with Crippen LogP contribution in [-0.2, 0) is 4.79 Å². The van der Waals surface area contributed by atoms with Gasteiger partial charge in [0.1, 0.15) is 6.04 Å². The molecular formula is C14H19NO4. The second kappa shape index (κ2) is 5.93. The molecule has 0 bridgehead atoms. The minimum atomic E-state index is -0.886. The number of carbonyl (C=O) groups is 1. The lowest BCUT2D eigenvalue weighted by molar-refractivity contribution is -0.139. The zero-order valence-corrected chi connectivity index (χ0v) is 11.2. The number of aliphatic carboxylic acids is 1. The third kappa shape index (κ3) is 3.38. The molecule has 19 heavy (non-hydrogen) atoms. The van der Waals surface area contributed by atoms with E-state index in [0.717, 1.165) is 6.42 Å². The highest BCUT2D eigenvalue weighted by atomic mass is 16.7. The van der Waals surface area contributed by atoms with Gasteiger partial charge in [-0.1, -0.05) is 19.9 Å². The Labute approximate surface area is 112 Å². The van der Waals surface area contributed by atoms with Crippen molar-refractivity contribution in [3.05, 3.63) is 23.8 Å². The van der Waals surface area contributed by atoms with Crippen molar-refractivity contribution in [2.45, 2.75) is 26.3 Å². The standard InChI is InChI=1S/C14H19NO4/c1-9(2)5-6-15-13(14(16)17)10-3-4-11-12(7-10)19-8-18-11/h3-4,7,9,13,15H,5-6,8H2,1-2H3,(H,16,17). The van der Waals surface area contributed by atoms with Gasteiger partial charge in [-0.3, -0.25) is 4.79 Å². The number of rotatable bonds is 6. The van der Waals surface area contributed by atoms with Crippen LogP contribution in [0.2, 0.25) is 0 Å². The van der Waals surface area contributed by atoms with Crippen molar-refractivity contribution in [2.75, 3.05) is 13.3 Å². The molecule has 0 amide bonds. The van der Waals surface area contributed by atoms with Crippen LogP contribution in [0.5, 0.6) is 11.5 Å². The average molecular weight is 265 g/mol. The summed E-state index contributed by atoms with van der Waals surface area (Å²) in [6, 6.07) is 4.52. The van der Waals surface area contributed by atoms with E-state index in [1.807, 2.05) is 0 Å². The first-order valence-electron chi connectivity index (χ1n) is 6.43. The van der Waals surface area contributed by atoms with Crippen molar-refractivity contribution in [3.63, 3.8) is 0 Å². The first-order valence-corrected chi connectivity index (χ1v) is 6.43. The zero-order valence-electron chi connectivity index (χ0n) is 11.2. The molecule has 1 aliphatic rings. The Hall–Kier alpha value is -1.75. The van der Waals surface area contributed by atoms with Gasteiger partial charge in [0.2, 0.25) is 6.79 Å². The molecule has 0 fully saturated rings. The number of carboxylic acid groups (broad SMARTS) is 1. The number of hydrogen-bond acceptors (Lipinski definition) is 4. The van der Waals surface area contributed by atoms with E-state index in [1.165, 1.54) is 0 Å². The van der Waals surface area contributed by atoms with E-state index < -0.39 is 12.0 Å². The summed E-state index contributed by atoms with van der Waals surface area (Å²) in [7, 11) is 0. The Morgan fingerprint density at radius 2 is 2.11 bits per heavy atom. The van der Waals surface area contributed by atoms with Crippen molar-refractivity contribution in [1.82, 2.24) is 5.32 Å². The summed E-state index contributed by atoms with van der Waals surface area (Å²) in [5.74, 6) is 0.922. The third-order valence-electron chi connectivity index (χ3n) is 3.05. The highest BCUT2D eigenvalue weighted by Gasteiger charge is 2.22. The maximum Gasteiger partial charge on any atom is 0.325 e. The van der Waals surface area contributed by atoms with Crippen LogP contribution < -0.4 is 14.8 Å². The molecule has 0 radical (unpaired) electrons. The van der Waals surface area contributed by atoms with E-state index in [4.69, 9.17) is 9.47 Å². The van der Waals surface area contributed by atoms with Crippen LogP contribution in [0.4, 0.5) is 0 Å². The van der Waals surface area contributed by atoms with Gasteiger partial charge in [0.15, 0.2) is 11.5 Å². The predicted octanol–water partition coefficient (Wildman–Crippen LogP) is 2.18. The van der Waals surface area contributed by atoms with Crippen molar-refractivity contribution in [3.8, 4) is 11.5 Å². The minimum absolute atomic E-state index is 0.192. The molecule has 2 rings (SSSR count). The molecule has 1 aromatic rings. The molecule has 0 saturated heterocycles. The van der Waals surface area contributed by atoms with E-state index in [-0.39, 0.29) is 6.79 Å². The molecule has 0 aliphatic carbocycles. The smallest absolute Gasteiger partial charge is 0.325 e. The highest BCUT2D eigenvalue weighted by molar-refractivity contribution is 5.76. The predicted molar refractivity (Wildman–Crippen MR) is 70.4 cm³/mol. The number of fused-ring (bicyclic) bond motifs is 1. The normalized spacial score (nSPS) is 14.7. The Balaban J connectivity index is 2.08. The second-order valence-corrected chi connectivity index (χ2v) is 5.02. The number of ether oxygens (including phenoxy) is 2. The van der Waals surface area contributed by atoms with Crippen molar-refractivity contribution >= 4 is 5.97 Å². The Bertz CT molecular complexity index is 459. The zero-order chi connectivity index (χ0) is 13.8. The monoisotopic (exact) mass is 265 g/mol. The van der Waals surface area contributed by atoms with E-state index in [9.17, 15) is 9.90 Å². The minimum Gasteiger partial charge on any atom is -0.480 e. The fourth-order valence-corrected chi connectivity index (χ4v) is 1.96. The lowest BCUT2D eigenvalue weighted by Crippen LogP contribution is -2.29. The fourth-order valence-electron chi connectivity index (χ4n) is 1.96. The van der Waals surface area contributed by atoms with Gasteiger partial charge >= 0.3 is 5.97 Å². The summed E-state index contributed by atoms with van der Waals surface area (Å²) in [6.45, 7) is 5.08. The summed E-state index contributed by atoms with van der Waals surface area (Å²) in [6.07, 6.45) is 0.939. The third-order valence-corrected chi connectivity index (χ3v) is 3.05. The largest absolute Gasteiger partial charge is 0.480 e. The molecule has 0 aromatic heterocycles. The first kappa shape index (κ1) is 13.7. The molecular weight excluding hydrogens is 246 g/mol. The highest BCUT2D eigenvalue weighted by Crippen LogP contribution is 2.34. The van der Waals surface area contributed by atoms with Gasteiger partial charge in [0, 0.05) is 0 Å². The first-order chi connectivity index (χ1) is 9.08. The van der Waals surface area contributed by atoms with E-state index >= 15 is 0 Å². The molecule has 1 heterocycles. The molecule has 104 valence electrons. The summed E-state index contributed by atoms with van der Waals surface area (Å²) in [4.78, 5) is 11.3. The molecule has 0 saturated carbocycles. The number of nitrogens with one attached hydrogen (secondary N) is 1. The lowest BCUT2D eigenvalue weighted by Gasteiger charge is -2.16. The quantitative estimate of drug-likeness (QED) is 0.825. The van der Waals surface area contributed by atoms with Crippen molar-refractivity contribution in [2.24, 2.45) is 5.92 Å². The van der Waals surface area contributed by atoms with Gasteiger partial charge < -0.3 is 19.9 Å². The second-order valence-electron chi connectivity index (χ2n) is 5.02. The van der Waals surface area contributed by atoms with Crippen LogP contribution in [-0.4, -0.2) is 24.4 Å². The van der Waals surface area contributed by atoms with Gasteiger partial charge in [-0.2, -0.15) is 0 Å². The molecule has 5 heteroatoms. The van der Waals surface area contributed by atoms with E-state index in [2.05, 4.69) is 19.2 Å². The van der Waals surface area contributed by atoms with Gasteiger partial charge in [0.25, 0.3) is 0 Å². The molecule has 5 nitrogen and oxygen atoms in total. The van der Waals surface area contributed by atoms with Crippen molar-refractivity contribution < 1.29 is 19.4 Å². The molecule has 0 spiro atoms. The van der Waals surface area contributed by atoms with Crippen LogP contribution in [0.1, 0.15) is 31.9 Å². The lowest BCUT2D eigenvalue weighted by atomic mass is 10.1. The number of carboxylic acids is 1. The van der Waals surface area contributed by atoms with Crippen molar-refractivity contribution in [1.29, 1.82) is 0 Å². The van der Waals surface area contributed by atoms with Gasteiger partial charge in [-0.05, 0) is 36.6 Å². The summed E-state index contributed by atoms with van der Waals surface area (Å²) >= 11 is 0. The van der Waals surface area contributed by atoms with E-state index in [0.29, 0.717) is 29.5 Å². The summed E-state index contributed by atoms with van der Waals surface area (Å²) in [5.41, 5.74) is 0.681. The molecule has 1 aliphatic heterocycles. The molecule has 1 aromatic carbocycles. The molecule has 1 unspecified atom stereocenters. The fraction of sp³-hybridized carbons (Fsp3) is 0.500. The summed E-state index contributed by atoms with van der Waals surface area (Å²) < 4.78 is 10.5. The van der Waals surface area contributed by atoms with Crippen LogP contribution in [0.25, 0.3) is 0 Å². The number of benzene rings is 1. The molecule has 2 N–H and O–H groups in total. The maximum atomic E-state index is 11.3.